The molecule has 144 valence electrons. The molecule has 1 aliphatic rings. The molecule has 0 aliphatic heterocycles. The number of nitrogens with one attached hydrogen (secondary N) is 1. The second kappa shape index (κ2) is 7.01. The van der Waals surface area contributed by atoms with Gasteiger partial charge in [-0.25, -0.2) is 0 Å². The van der Waals surface area contributed by atoms with E-state index in [0.717, 1.165) is 24.0 Å². The number of carbonyl (C=O) groups excluding carboxylic acids is 1. The van der Waals surface area contributed by atoms with Gasteiger partial charge < -0.3 is 14.4 Å². The van der Waals surface area contributed by atoms with Crippen LogP contribution in [0.2, 0.25) is 0 Å². The first-order chi connectivity index (χ1) is 14.2. The predicted molar refractivity (Wildman–Crippen MR) is 104 cm³/mol. The van der Waals surface area contributed by atoms with E-state index < -0.39 is 5.41 Å². The number of aromatic nitrogens is 3. The lowest BCUT2D eigenvalue weighted by Gasteiger charge is -2.10. The zero-order chi connectivity index (χ0) is 19.7. The minimum absolute atomic E-state index is 0.107. The molecule has 0 atom stereocenters. The van der Waals surface area contributed by atoms with Crippen molar-refractivity contribution in [2.75, 3.05) is 0 Å². The molecule has 29 heavy (non-hydrogen) atoms. The molecule has 0 spiro atoms. The van der Waals surface area contributed by atoms with Crippen molar-refractivity contribution >= 4 is 5.91 Å². The minimum Gasteiger partial charge on any atom is -0.356 e. The molecule has 4 aromatic rings. The highest BCUT2D eigenvalue weighted by molar-refractivity contribution is 5.90. The number of hydrogen-bond acceptors (Lipinski definition) is 6. The Morgan fingerprint density at radius 3 is 2.31 bits per heavy atom. The zero-order valence-corrected chi connectivity index (χ0v) is 15.5. The van der Waals surface area contributed by atoms with Crippen LogP contribution >= 0.6 is 0 Å². The minimum atomic E-state index is -0.640. The zero-order valence-electron chi connectivity index (χ0n) is 15.5. The molecule has 1 saturated carbocycles. The van der Waals surface area contributed by atoms with Crippen molar-refractivity contribution in [3.8, 4) is 22.7 Å². The van der Waals surface area contributed by atoms with Crippen LogP contribution in [0.3, 0.4) is 0 Å². The Balaban J connectivity index is 1.27. The predicted octanol–water partition coefficient (Wildman–Crippen LogP) is 3.74. The molecule has 7 nitrogen and oxygen atoms in total. The first-order valence-corrected chi connectivity index (χ1v) is 9.43. The van der Waals surface area contributed by atoms with Crippen molar-refractivity contribution in [2.45, 2.75) is 24.8 Å². The largest absolute Gasteiger partial charge is 0.356 e. The number of hydrogen-bond donors (Lipinski definition) is 1. The molecule has 1 fully saturated rings. The summed E-state index contributed by atoms with van der Waals surface area (Å²) in [7, 11) is 0. The average molecular weight is 386 g/mol. The maximum atomic E-state index is 12.8. The fraction of sp³-hybridized carbons (Fsp3) is 0.182. The summed E-state index contributed by atoms with van der Waals surface area (Å²) in [5.41, 5.74) is 1.81. The van der Waals surface area contributed by atoms with Gasteiger partial charge in [-0.05, 0) is 12.8 Å². The molecular formula is C22H18N4O3. The third-order valence-corrected chi connectivity index (χ3v) is 5.14. The number of rotatable bonds is 6. The lowest BCUT2D eigenvalue weighted by atomic mass is 10.0. The van der Waals surface area contributed by atoms with Crippen LogP contribution in [0.25, 0.3) is 22.7 Å². The van der Waals surface area contributed by atoms with E-state index in [1.807, 2.05) is 66.7 Å². The van der Waals surface area contributed by atoms with Gasteiger partial charge in [-0.1, -0.05) is 71.0 Å². The summed E-state index contributed by atoms with van der Waals surface area (Å²) in [5, 5.41) is 11.0. The van der Waals surface area contributed by atoms with E-state index in [9.17, 15) is 4.79 Å². The highest BCUT2D eigenvalue weighted by Gasteiger charge is 2.53. The van der Waals surface area contributed by atoms with Crippen LogP contribution in [0, 0.1) is 0 Å². The molecule has 2 aromatic heterocycles. The molecule has 0 bridgehead atoms. The van der Waals surface area contributed by atoms with Gasteiger partial charge in [-0.3, -0.25) is 4.79 Å². The molecule has 2 heterocycles. The fourth-order valence-electron chi connectivity index (χ4n) is 3.32. The third-order valence-electron chi connectivity index (χ3n) is 5.14. The SMILES string of the molecule is O=C(NCc1nc(-c2ccccc2)no1)C1(c2cc(-c3ccccc3)on2)CC1. The summed E-state index contributed by atoms with van der Waals surface area (Å²) in [5.74, 6) is 1.41. The highest BCUT2D eigenvalue weighted by atomic mass is 16.5. The van der Waals surface area contributed by atoms with Crippen LogP contribution in [-0.2, 0) is 16.8 Å². The van der Waals surface area contributed by atoms with E-state index >= 15 is 0 Å². The molecule has 0 radical (unpaired) electrons. The Morgan fingerprint density at radius 1 is 0.931 bits per heavy atom. The maximum Gasteiger partial charge on any atom is 0.246 e. The summed E-state index contributed by atoms with van der Waals surface area (Å²) in [6, 6.07) is 21.1. The second-order valence-corrected chi connectivity index (χ2v) is 7.08. The molecular weight excluding hydrogens is 368 g/mol. The molecule has 1 N–H and O–H groups in total. The van der Waals surface area contributed by atoms with Gasteiger partial charge in [0.2, 0.25) is 17.6 Å². The molecule has 1 aliphatic carbocycles. The normalized spacial score (nSPS) is 14.5. The van der Waals surface area contributed by atoms with Crippen LogP contribution in [0.4, 0.5) is 0 Å². The second-order valence-electron chi connectivity index (χ2n) is 7.08. The van der Waals surface area contributed by atoms with Gasteiger partial charge in [0, 0.05) is 17.2 Å². The molecule has 7 heteroatoms. The van der Waals surface area contributed by atoms with Gasteiger partial charge in [0.25, 0.3) is 0 Å². The average Bonchev–Trinajstić information content (AvgIpc) is 3.21. The van der Waals surface area contributed by atoms with E-state index in [-0.39, 0.29) is 12.5 Å². The number of nitrogens with zero attached hydrogens (tertiary/aromatic N) is 3. The quantitative estimate of drug-likeness (QED) is 0.542. The topological polar surface area (TPSA) is 94.1 Å². The van der Waals surface area contributed by atoms with E-state index in [4.69, 9.17) is 9.05 Å². The molecule has 2 aromatic carbocycles. The molecule has 5 rings (SSSR count). The summed E-state index contributed by atoms with van der Waals surface area (Å²) in [4.78, 5) is 17.2. The number of carbonyl (C=O) groups is 1. The van der Waals surface area contributed by atoms with Crippen molar-refractivity contribution in [1.29, 1.82) is 0 Å². The summed E-state index contributed by atoms with van der Waals surface area (Å²) >= 11 is 0. The first-order valence-electron chi connectivity index (χ1n) is 9.43. The van der Waals surface area contributed by atoms with Crippen LogP contribution in [0.5, 0.6) is 0 Å². The first kappa shape index (κ1) is 17.4. The van der Waals surface area contributed by atoms with Crippen molar-refractivity contribution in [1.82, 2.24) is 20.6 Å². The standard InChI is InChI=1S/C22H18N4O3/c27-21(23-14-19-24-20(26-29-19)16-9-5-2-6-10-16)22(11-12-22)18-13-17(28-25-18)15-7-3-1-4-8-15/h1-10,13H,11-12,14H2,(H,23,27). The van der Waals surface area contributed by atoms with Gasteiger partial charge in [-0.15, -0.1) is 0 Å². The third kappa shape index (κ3) is 3.31. The van der Waals surface area contributed by atoms with Gasteiger partial charge >= 0.3 is 0 Å². The van der Waals surface area contributed by atoms with Gasteiger partial charge in [0.1, 0.15) is 0 Å². The Morgan fingerprint density at radius 2 is 1.62 bits per heavy atom. The van der Waals surface area contributed by atoms with Crippen molar-refractivity contribution < 1.29 is 13.8 Å². The van der Waals surface area contributed by atoms with Crippen LogP contribution in [0.15, 0.2) is 75.8 Å². The van der Waals surface area contributed by atoms with E-state index in [2.05, 4.69) is 20.6 Å². The Labute approximate surface area is 166 Å². The van der Waals surface area contributed by atoms with Crippen LogP contribution < -0.4 is 5.32 Å². The fourth-order valence-corrected chi connectivity index (χ4v) is 3.32. The molecule has 0 saturated heterocycles. The monoisotopic (exact) mass is 386 g/mol. The van der Waals surface area contributed by atoms with Crippen LogP contribution in [0.1, 0.15) is 24.4 Å². The Bertz CT molecular complexity index is 1130. The molecule has 0 unspecified atom stereocenters. The van der Waals surface area contributed by atoms with Gasteiger partial charge in [0.05, 0.1) is 17.7 Å². The smallest absolute Gasteiger partial charge is 0.246 e. The number of benzene rings is 2. The summed E-state index contributed by atoms with van der Waals surface area (Å²) in [6.07, 6.45) is 1.47. The molecule has 1 amide bonds. The van der Waals surface area contributed by atoms with Crippen molar-refractivity contribution in [2.24, 2.45) is 0 Å². The van der Waals surface area contributed by atoms with Gasteiger partial charge in [0.15, 0.2) is 5.76 Å². The van der Waals surface area contributed by atoms with E-state index in [1.165, 1.54) is 0 Å². The lowest BCUT2D eigenvalue weighted by molar-refractivity contribution is -0.124. The van der Waals surface area contributed by atoms with E-state index in [0.29, 0.717) is 23.2 Å². The van der Waals surface area contributed by atoms with Gasteiger partial charge in [-0.2, -0.15) is 4.98 Å². The number of amides is 1. The van der Waals surface area contributed by atoms with Crippen molar-refractivity contribution in [3.63, 3.8) is 0 Å². The Hall–Kier alpha value is -3.74. The highest BCUT2D eigenvalue weighted by Crippen LogP contribution is 2.48. The van der Waals surface area contributed by atoms with Crippen LogP contribution in [-0.4, -0.2) is 21.2 Å². The van der Waals surface area contributed by atoms with Crippen molar-refractivity contribution in [3.05, 3.63) is 78.3 Å². The Kier molecular flexibility index (Phi) is 4.20. The van der Waals surface area contributed by atoms with E-state index in [1.54, 1.807) is 0 Å². The summed E-state index contributed by atoms with van der Waals surface area (Å²) < 4.78 is 10.7. The summed E-state index contributed by atoms with van der Waals surface area (Å²) in [6.45, 7) is 0.170. The lowest BCUT2D eigenvalue weighted by Crippen LogP contribution is -2.34. The maximum absolute atomic E-state index is 12.8.